The highest BCUT2D eigenvalue weighted by molar-refractivity contribution is 5.96. The Hall–Kier alpha value is -1.55. The molecule has 3 N–H and O–H groups in total. The normalized spacial score (nSPS) is 26.3. The van der Waals surface area contributed by atoms with Crippen LogP contribution in [0.15, 0.2) is 18.2 Å². The maximum absolute atomic E-state index is 7.55. The van der Waals surface area contributed by atoms with Gasteiger partial charge in [-0.3, -0.25) is 5.41 Å². The van der Waals surface area contributed by atoms with Crippen LogP contribution in [0.2, 0.25) is 0 Å². The number of aryl methyl sites for hydroxylation is 1. The molecule has 0 radical (unpaired) electrons. The quantitative estimate of drug-likeness (QED) is 0.631. The summed E-state index contributed by atoms with van der Waals surface area (Å²) in [4.78, 5) is 2.47. The monoisotopic (exact) mass is 259 g/mol. The third-order valence-electron chi connectivity index (χ3n) is 4.31. The number of benzene rings is 1. The van der Waals surface area contributed by atoms with Crippen molar-refractivity contribution in [3.63, 3.8) is 0 Å². The van der Waals surface area contributed by atoms with E-state index in [1.807, 2.05) is 13.0 Å². The predicted molar refractivity (Wildman–Crippen MR) is 76.9 cm³/mol. The molecule has 0 spiro atoms. The van der Waals surface area contributed by atoms with Crippen LogP contribution in [0, 0.1) is 12.3 Å². The molecule has 0 amide bonds. The lowest BCUT2D eigenvalue weighted by Gasteiger charge is -2.39. The van der Waals surface area contributed by atoms with Gasteiger partial charge in [-0.25, -0.2) is 0 Å². The fourth-order valence-electron chi connectivity index (χ4n) is 3.37. The Morgan fingerprint density at radius 3 is 3.00 bits per heavy atom. The third-order valence-corrected chi connectivity index (χ3v) is 4.31. The number of morpholine rings is 1. The van der Waals surface area contributed by atoms with Crippen molar-refractivity contribution in [3.05, 3.63) is 29.3 Å². The lowest BCUT2D eigenvalue weighted by atomic mass is 10.0. The molecule has 19 heavy (non-hydrogen) atoms. The van der Waals surface area contributed by atoms with E-state index < -0.39 is 0 Å². The molecule has 0 bridgehead atoms. The van der Waals surface area contributed by atoms with E-state index in [0.717, 1.165) is 24.3 Å². The summed E-state index contributed by atoms with van der Waals surface area (Å²) in [5.74, 6) is 0.143. The van der Waals surface area contributed by atoms with Crippen molar-refractivity contribution < 1.29 is 4.74 Å². The molecule has 102 valence electrons. The van der Waals surface area contributed by atoms with E-state index >= 15 is 0 Å². The summed E-state index contributed by atoms with van der Waals surface area (Å²) < 4.78 is 5.85. The van der Waals surface area contributed by atoms with Crippen LogP contribution in [0.1, 0.15) is 30.4 Å². The highest BCUT2D eigenvalue weighted by Crippen LogP contribution is 2.33. The second-order valence-corrected chi connectivity index (χ2v) is 5.51. The third kappa shape index (κ3) is 2.21. The fraction of sp³-hybridized carbons (Fsp3) is 0.533. The minimum absolute atomic E-state index is 0.143. The lowest BCUT2D eigenvalue weighted by Crippen LogP contribution is -2.48. The molecule has 2 fully saturated rings. The Kier molecular flexibility index (Phi) is 3.19. The lowest BCUT2D eigenvalue weighted by molar-refractivity contribution is 0.0256. The summed E-state index contributed by atoms with van der Waals surface area (Å²) in [6.45, 7) is 3.79. The number of nitrogens with zero attached hydrogens (tertiary/aromatic N) is 1. The maximum atomic E-state index is 7.55. The van der Waals surface area contributed by atoms with Crippen molar-refractivity contribution >= 4 is 11.5 Å². The van der Waals surface area contributed by atoms with E-state index in [1.54, 1.807) is 0 Å². The van der Waals surface area contributed by atoms with Gasteiger partial charge in [0.25, 0.3) is 0 Å². The molecule has 1 saturated heterocycles. The Labute approximate surface area is 114 Å². The van der Waals surface area contributed by atoms with Crippen LogP contribution in [0.25, 0.3) is 0 Å². The number of amidine groups is 1. The van der Waals surface area contributed by atoms with Gasteiger partial charge in [-0.15, -0.1) is 0 Å². The zero-order chi connectivity index (χ0) is 13.4. The number of nitrogens with two attached hydrogens (primary N) is 1. The van der Waals surface area contributed by atoms with Crippen LogP contribution >= 0.6 is 0 Å². The Balaban J connectivity index is 1.89. The molecule has 2 atom stereocenters. The smallest absolute Gasteiger partial charge is 0.123 e. The highest BCUT2D eigenvalue weighted by Gasteiger charge is 2.36. The predicted octanol–water partition coefficient (Wildman–Crippen LogP) is 2.04. The van der Waals surface area contributed by atoms with Crippen molar-refractivity contribution in [2.45, 2.75) is 38.3 Å². The van der Waals surface area contributed by atoms with Gasteiger partial charge in [-0.2, -0.15) is 0 Å². The molecule has 1 heterocycles. The van der Waals surface area contributed by atoms with Crippen molar-refractivity contribution in [1.29, 1.82) is 5.41 Å². The van der Waals surface area contributed by atoms with Crippen LogP contribution in [0.5, 0.6) is 0 Å². The zero-order valence-corrected chi connectivity index (χ0v) is 11.4. The number of ether oxygens (including phenoxy) is 1. The molecule has 1 saturated carbocycles. The van der Waals surface area contributed by atoms with E-state index in [2.05, 4.69) is 17.0 Å². The molecule has 4 heteroatoms. The SMILES string of the molecule is Cc1cc(N2CCOC3CCCC32)ccc1C(=N)N. The van der Waals surface area contributed by atoms with Gasteiger partial charge < -0.3 is 15.4 Å². The molecule has 0 aromatic heterocycles. The van der Waals surface area contributed by atoms with E-state index in [1.165, 1.54) is 24.9 Å². The highest BCUT2D eigenvalue weighted by atomic mass is 16.5. The minimum atomic E-state index is 0.143. The molecule has 2 unspecified atom stereocenters. The zero-order valence-electron chi connectivity index (χ0n) is 11.4. The second kappa shape index (κ2) is 4.85. The molecular formula is C15H21N3O. The molecule has 1 aromatic rings. The first kappa shape index (κ1) is 12.5. The van der Waals surface area contributed by atoms with E-state index in [4.69, 9.17) is 15.9 Å². The van der Waals surface area contributed by atoms with E-state index in [9.17, 15) is 0 Å². The van der Waals surface area contributed by atoms with Gasteiger partial charge in [0, 0.05) is 17.8 Å². The fourth-order valence-corrected chi connectivity index (χ4v) is 3.37. The van der Waals surface area contributed by atoms with Gasteiger partial charge in [0.15, 0.2) is 0 Å². The summed E-state index contributed by atoms with van der Waals surface area (Å²) in [7, 11) is 0. The van der Waals surface area contributed by atoms with Crippen LogP contribution in [-0.2, 0) is 4.74 Å². The van der Waals surface area contributed by atoms with Gasteiger partial charge in [0.2, 0.25) is 0 Å². The standard InChI is InChI=1S/C15H21N3O/c1-10-9-11(5-6-12(10)15(16)17)18-7-8-19-14-4-2-3-13(14)18/h5-6,9,13-14H,2-4,7-8H2,1H3,(H3,16,17). The minimum Gasteiger partial charge on any atom is -0.384 e. The maximum Gasteiger partial charge on any atom is 0.123 e. The molecule has 1 aliphatic heterocycles. The largest absolute Gasteiger partial charge is 0.384 e. The second-order valence-electron chi connectivity index (χ2n) is 5.51. The van der Waals surface area contributed by atoms with Crippen molar-refractivity contribution in [3.8, 4) is 0 Å². The van der Waals surface area contributed by atoms with Crippen molar-refractivity contribution in [2.75, 3.05) is 18.1 Å². The van der Waals surface area contributed by atoms with Gasteiger partial charge in [-0.1, -0.05) is 0 Å². The van der Waals surface area contributed by atoms with Crippen LogP contribution in [0.4, 0.5) is 5.69 Å². The first-order valence-electron chi connectivity index (χ1n) is 7.00. The van der Waals surface area contributed by atoms with Gasteiger partial charge in [0.1, 0.15) is 5.84 Å². The summed E-state index contributed by atoms with van der Waals surface area (Å²) >= 11 is 0. The average Bonchev–Trinajstić information content (AvgIpc) is 2.86. The number of hydrogen-bond donors (Lipinski definition) is 2. The van der Waals surface area contributed by atoms with Crippen molar-refractivity contribution in [1.82, 2.24) is 0 Å². The first-order valence-corrected chi connectivity index (χ1v) is 7.00. The molecule has 1 aromatic carbocycles. The van der Waals surface area contributed by atoms with E-state index in [-0.39, 0.29) is 5.84 Å². The Morgan fingerprint density at radius 2 is 2.26 bits per heavy atom. The van der Waals surface area contributed by atoms with Gasteiger partial charge in [-0.05, 0) is 49.9 Å². The number of rotatable bonds is 2. The van der Waals surface area contributed by atoms with Crippen LogP contribution in [-0.4, -0.2) is 31.1 Å². The first-order chi connectivity index (χ1) is 9.16. The summed E-state index contributed by atoms with van der Waals surface area (Å²) in [6, 6.07) is 6.73. The number of hydrogen-bond acceptors (Lipinski definition) is 3. The summed E-state index contributed by atoms with van der Waals surface area (Å²) in [6.07, 6.45) is 4.07. The van der Waals surface area contributed by atoms with Gasteiger partial charge >= 0.3 is 0 Å². The number of fused-ring (bicyclic) bond motifs is 1. The molecule has 1 aliphatic carbocycles. The van der Waals surface area contributed by atoms with Crippen LogP contribution in [0.3, 0.4) is 0 Å². The number of nitrogens with one attached hydrogen (secondary N) is 1. The molecule has 3 rings (SSSR count). The topological polar surface area (TPSA) is 62.3 Å². The van der Waals surface area contributed by atoms with Crippen LogP contribution < -0.4 is 10.6 Å². The summed E-state index contributed by atoms with van der Waals surface area (Å²) in [5.41, 5.74) is 8.73. The van der Waals surface area contributed by atoms with E-state index in [0.29, 0.717) is 12.1 Å². The molecule has 4 nitrogen and oxygen atoms in total. The van der Waals surface area contributed by atoms with Crippen molar-refractivity contribution in [2.24, 2.45) is 5.73 Å². The average molecular weight is 259 g/mol. The number of nitrogen functional groups attached to an aromatic ring is 1. The summed E-state index contributed by atoms with van der Waals surface area (Å²) in [5, 5.41) is 7.55. The molecular weight excluding hydrogens is 238 g/mol. The Morgan fingerprint density at radius 1 is 1.42 bits per heavy atom. The van der Waals surface area contributed by atoms with Gasteiger partial charge in [0.05, 0.1) is 18.8 Å². The number of anilines is 1. The Bertz CT molecular complexity index is 500. The molecule has 2 aliphatic rings.